The van der Waals surface area contributed by atoms with Crippen LogP contribution >= 0.6 is 0 Å². The molecule has 0 spiro atoms. The Hall–Kier alpha value is -1.43. The van der Waals surface area contributed by atoms with Crippen molar-refractivity contribution in [3.05, 3.63) is 11.9 Å². The normalized spacial score (nSPS) is 19.3. The number of ether oxygens (including phenoxy) is 1. The number of hydrogen-bond acceptors (Lipinski definition) is 4. The number of aromatic amines is 1. The third-order valence-corrected chi connectivity index (χ3v) is 3.02. The van der Waals surface area contributed by atoms with E-state index in [2.05, 4.69) is 27.7 Å². The van der Waals surface area contributed by atoms with Gasteiger partial charge in [-0.15, -0.1) is 0 Å². The summed E-state index contributed by atoms with van der Waals surface area (Å²) in [5, 5.41) is 12.6. The Morgan fingerprint density at radius 2 is 2.38 bits per heavy atom. The fourth-order valence-electron chi connectivity index (χ4n) is 1.74. The van der Waals surface area contributed by atoms with Crippen LogP contribution in [0.5, 0.6) is 0 Å². The lowest BCUT2D eigenvalue weighted by atomic mass is 9.82. The van der Waals surface area contributed by atoms with Crippen molar-refractivity contribution < 1.29 is 9.53 Å². The van der Waals surface area contributed by atoms with Gasteiger partial charge in [-0.25, -0.2) is 0 Å². The molecular weight excluding hydrogens is 208 g/mol. The molecule has 1 aliphatic rings. The van der Waals surface area contributed by atoms with Crippen molar-refractivity contribution in [2.24, 2.45) is 5.41 Å². The molecule has 0 saturated carbocycles. The maximum atomic E-state index is 11.6. The third kappa shape index (κ3) is 2.57. The van der Waals surface area contributed by atoms with Gasteiger partial charge in [0.05, 0.1) is 6.20 Å². The van der Waals surface area contributed by atoms with Crippen LogP contribution in [0.4, 0.5) is 0 Å². The van der Waals surface area contributed by atoms with Crippen LogP contribution in [0, 0.1) is 5.41 Å². The standard InChI is InChI=1S/C10H16N4O2/c1-10(2-4-16-5-3-10)7-11-9(15)8-6-12-14-13-8/h6H,2-5,7H2,1H3,(H,11,15)(H,12,13,14). The zero-order valence-electron chi connectivity index (χ0n) is 9.32. The summed E-state index contributed by atoms with van der Waals surface area (Å²) in [6.07, 6.45) is 3.37. The first kappa shape index (κ1) is 11.1. The van der Waals surface area contributed by atoms with Gasteiger partial charge in [-0.2, -0.15) is 15.4 Å². The number of carbonyl (C=O) groups excluding carboxylic acids is 1. The van der Waals surface area contributed by atoms with Crippen molar-refractivity contribution in [3.8, 4) is 0 Å². The minimum absolute atomic E-state index is 0.137. The van der Waals surface area contributed by atoms with E-state index in [-0.39, 0.29) is 11.3 Å². The Morgan fingerprint density at radius 3 is 3.00 bits per heavy atom. The largest absolute Gasteiger partial charge is 0.381 e. The fourth-order valence-corrected chi connectivity index (χ4v) is 1.74. The summed E-state index contributed by atoms with van der Waals surface area (Å²) >= 11 is 0. The first-order valence-electron chi connectivity index (χ1n) is 5.41. The molecule has 0 aliphatic carbocycles. The lowest BCUT2D eigenvalue weighted by Gasteiger charge is -2.33. The van der Waals surface area contributed by atoms with Gasteiger partial charge in [-0.3, -0.25) is 4.79 Å². The van der Waals surface area contributed by atoms with E-state index >= 15 is 0 Å². The van der Waals surface area contributed by atoms with Gasteiger partial charge in [0.15, 0.2) is 5.69 Å². The summed E-state index contributed by atoms with van der Waals surface area (Å²) < 4.78 is 5.30. The highest BCUT2D eigenvalue weighted by Gasteiger charge is 2.28. The molecule has 1 amide bonds. The quantitative estimate of drug-likeness (QED) is 0.776. The molecule has 1 fully saturated rings. The smallest absolute Gasteiger partial charge is 0.273 e. The SMILES string of the molecule is CC1(CNC(=O)c2cn[nH]n2)CCOCC1. The van der Waals surface area contributed by atoms with E-state index < -0.39 is 0 Å². The van der Waals surface area contributed by atoms with Crippen molar-refractivity contribution in [2.75, 3.05) is 19.8 Å². The predicted molar refractivity (Wildman–Crippen MR) is 56.9 cm³/mol. The van der Waals surface area contributed by atoms with E-state index in [1.807, 2.05) is 0 Å². The van der Waals surface area contributed by atoms with E-state index in [1.54, 1.807) is 0 Å². The number of hydrogen-bond donors (Lipinski definition) is 2. The lowest BCUT2D eigenvalue weighted by Crippen LogP contribution is -2.39. The first-order chi connectivity index (χ1) is 7.70. The zero-order chi connectivity index (χ0) is 11.4. The summed E-state index contributed by atoms with van der Waals surface area (Å²) in [6.45, 7) is 4.37. The van der Waals surface area contributed by atoms with Crippen molar-refractivity contribution >= 4 is 5.91 Å². The Morgan fingerprint density at radius 1 is 1.62 bits per heavy atom. The van der Waals surface area contributed by atoms with Crippen molar-refractivity contribution in [1.82, 2.24) is 20.7 Å². The summed E-state index contributed by atoms with van der Waals surface area (Å²) in [5.74, 6) is -0.179. The number of rotatable bonds is 3. The number of nitrogens with one attached hydrogen (secondary N) is 2. The molecule has 1 aromatic rings. The average Bonchev–Trinajstić information content (AvgIpc) is 2.80. The molecule has 0 bridgehead atoms. The Bertz CT molecular complexity index is 344. The summed E-state index contributed by atoms with van der Waals surface area (Å²) in [6, 6.07) is 0. The molecule has 1 aliphatic heterocycles. The molecule has 6 heteroatoms. The molecular formula is C10H16N4O2. The molecule has 1 saturated heterocycles. The molecule has 2 N–H and O–H groups in total. The minimum Gasteiger partial charge on any atom is -0.381 e. The van der Waals surface area contributed by atoms with Crippen LogP contribution in [0.1, 0.15) is 30.3 Å². The van der Waals surface area contributed by atoms with Gasteiger partial charge in [0.1, 0.15) is 0 Å². The van der Waals surface area contributed by atoms with Crippen molar-refractivity contribution in [3.63, 3.8) is 0 Å². The summed E-state index contributed by atoms with van der Waals surface area (Å²) in [7, 11) is 0. The molecule has 16 heavy (non-hydrogen) atoms. The molecule has 0 aromatic carbocycles. The molecule has 2 heterocycles. The van der Waals surface area contributed by atoms with Gasteiger partial charge in [-0.05, 0) is 18.3 Å². The second kappa shape index (κ2) is 4.61. The predicted octanol–water partition coefficient (Wildman–Crippen LogP) is 0.351. The van der Waals surface area contributed by atoms with E-state index in [9.17, 15) is 4.79 Å². The van der Waals surface area contributed by atoms with E-state index in [0.717, 1.165) is 26.1 Å². The van der Waals surface area contributed by atoms with Crippen LogP contribution < -0.4 is 5.32 Å². The Kier molecular flexibility index (Phi) is 3.19. The van der Waals surface area contributed by atoms with E-state index in [1.165, 1.54) is 6.20 Å². The molecule has 1 aromatic heterocycles. The highest BCUT2D eigenvalue weighted by Crippen LogP contribution is 2.28. The van der Waals surface area contributed by atoms with Gasteiger partial charge < -0.3 is 10.1 Å². The van der Waals surface area contributed by atoms with Crippen LogP contribution in [0.3, 0.4) is 0 Å². The van der Waals surface area contributed by atoms with Gasteiger partial charge in [-0.1, -0.05) is 6.92 Å². The number of H-pyrrole nitrogens is 1. The molecule has 0 atom stereocenters. The highest BCUT2D eigenvalue weighted by molar-refractivity contribution is 5.91. The second-order valence-corrected chi connectivity index (χ2v) is 4.46. The van der Waals surface area contributed by atoms with Gasteiger partial charge in [0, 0.05) is 19.8 Å². The maximum absolute atomic E-state index is 11.6. The summed E-state index contributed by atoms with van der Waals surface area (Å²) in [5.41, 5.74) is 0.466. The number of aromatic nitrogens is 3. The monoisotopic (exact) mass is 224 g/mol. The first-order valence-corrected chi connectivity index (χ1v) is 5.41. The molecule has 6 nitrogen and oxygen atoms in total. The molecule has 88 valence electrons. The van der Waals surface area contributed by atoms with Gasteiger partial charge >= 0.3 is 0 Å². The highest BCUT2D eigenvalue weighted by atomic mass is 16.5. The van der Waals surface area contributed by atoms with Crippen molar-refractivity contribution in [1.29, 1.82) is 0 Å². The number of nitrogens with zero attached hydrogens (tertiary/aromatic N) is 2. The second-order valence-electron chi connectivity index (χ2n) is 4.46. The minimum atomic E-state index is -0.179. The van der Waals surface area contributed by atoms with Gasteiger partial charge in [0.25, 0.3) is 5.91 Å². The van der Waals surface area contributed by atoms with Crippen LogP contribution in [0.25, 0.3) is 0 Å². The number of amides is 1. The van der Waals surface area contributed by atoms with Crippen LogP contribution in [-0.4, -0.2) is 41.1 Å². The fraction of sp³-hybridized carbons (Fsp3) is 0.700. The number of carbonyl (C=O) groups is 1. The van der Waals surface area contributed by atoms with Crippen LogP contribution in [0.2, 0.25) is 0 Å². The van der Waals surface area contributed by atoms with Crippen molar-refractivity contribution in [2.45, 2.75) is 19.8 Å². The zero-order valence-corrected chi connectivity index (χ0v) is 9.32. The van der Waals surface area contributed by atoms with Gasteiger partial charge in [0.2, 0.25) is 0 Å². The molecule has 0 unspecified atom stereocenters. The van der Waals surface area contributed by atoms with Crippen LogP contribution in [0.15, 0.2) is 6.20 Å². The Balaban J connectivity index is 1.84. The summed E-state index contributed by atoms with van der Waals surface area (Å²) in [4.78, 5) is 11.6. The Labute approximate surface area is 93.8 Å². The third-order valence-electron chi connectivity index (χ3n) is 3.02. The average molecular weight is 224 g/mol. The molecule has 2 rings (SSSR count). The van der Waals surface area contributed by atoms with E-state index in [0.29, 0.717) is 12.2 Å². The topological polar surface area (TPSA) is 79.9 Å². The lowest BCUT2D eigenvalue weighted by molar-refractivity contribution is 0.0238. The maximum Gasteiger partial charge on any atom is 0.273 e. The van der Waals surface area contributed by atoms with Crippen LogP contribution in [-0.2, 0) is 4.74 Å². The molecule has 0 radical (unpaired) electrons. The van der Waals surface area contributed by atoms with E-state index in [4.69, 9.17) is 4.74 Å².